The largest absolute Gasteiger partial charge is 0.490 e. The van der Waals surface area contributed by atoms with Crippen molar-refractivity contribution in [2.75, 3.05) is 19.8 Å². The van der Waals surface area contributed by atoms with Gasteiger partial charge in [-0.05, 0) is 43.3 Å². The average molecular weight is 331 g/mol. The first-order valence-electron chi connectivity index (χ1n) is 7.43. The predicted molar refractivity (Wildman–Crippen MR) is 86.4 cm³/mol. The second-order valence-electron chi connectivity index (χ2n) is 5.07. The van der Waals surface area contributed by atoms with Crippen molar-refractivity contribution in [1.29, 1.82) is 0 Å². The minimum atomic E-state index is -0.557. The molecule has 0 saturated heterocycles. The lowest BCUT2D eigenvalue weighted by atomic mass is 10.1. The number of esters is 1. The summed E-state index contributed by atoms with van der Waals surface area (Å²) in [7, 11) is 0. The molecule has 0 fully saturated rings. The van der Waals surface area contributed by atoms with Gasteiger partial charge >= 0.3 is 5.97 Å². The Bertz CT molecular complexity index is 683. The van der Waals surface area contributed by atoms with Gasteiger partial charge in [0.15, 0.2) is 0 Å². The summed E-state index contributed by atoms with van der Waals surface area (Å²) in [5.74, 6) is -0.758. The smallest absolute Gasteiger partial charge is 0.325 e. The fourth-order valence-corrected chi connectivity index (χ4v) is 1.86. The van der Waals surface area contributed by atoms with Crippen LogP contribution >= 0.6 is 0 Å². The molecule has 0 bridgehead atoms. The number of carbonyl (C=O) groups excluding carboxylic acids is 2. The summed E-state index contributed by atoms with van der Waals surface area (Å²) in [6.07, 6.45) is 0. The Morgan fingerprint density at radius 2 is 1.67 bits per heavy atom. The summed E-state index contributed by atoms with van der Waals surface area (Å²) in [6, 6.07) is 12.5. The number of ether oxygens (including phenoxy) is 2. The highest BCUT2D eigenvalue weighted by Gasteiger charge is 2.08. The van der Waals surface area contributed by atoms with Gasteiger partial charge in [-0.1, -0.05) is 17.7 Å². The molecule has 6 heteroatoms. The number of rotatable bonds is 7. The zero-order valence-electron chi connectivity index (χ0n) is 13.3. The van der Waals surface area contributed by atoms with Gasteiger partial charge in [0, 0.05) is 5.56 Å². The Balaban J connectivity index is 1.63. The van der Waals surface area contributed by atoms with Gasteiger partial charge < -0.3 is 14.8 Å². The van der Waals surface area contributed by atoms with Crippen molar-refractivity contribution in [3.05, 3.63) is 65.5 Å². The highest BCUT2D eigenvalue weighted by Crippen LogP contribution is 2.10. The van der Waals surface area contributed by atoms with Gasteiger partial charge in [0.25, 0.3) is 5.91 Å². The normalized spacial score (nSPS) is 10.1. The molecule has 0 aromatic heterocycles. The van der Waals surface area contributed by atoms with E-state index in [1.807, 2.05) is 19.1 Å². The number of aryl methyl sites for hydroxylation is 1. The number of hydrogen-bond acceptors (Lipinski definition) is 4. The van der Waals surface area contributed by atoms with Gasteiger partial charge in [-0.25, -0.2) is 4.39 Å². The molecule has 0 aliphatic carbocycles. The van der Waals surface area contributed by atoms with Crippen molar-refractivity contribution < 1.29 is 23.5 Å². The van der Waals surface area contributed by atoms with Gasteiger partial charge in [-0.3, -0.25) is 9.59 Å². The molecule has 2 rings (SSSR count). The Hall–Kier alpha value is -2.89. The van der Waals surface area contributed by atoms with Crippen molar-refractivity contribution in [2.24, 2.45) is 0 Å². The van der Waals surface area contributed by atoms with E-state index in [2.05, 4.69) is 5.32 Å². The van der Waals surface area contributed by atoms with Crippen molar-refractivity contribution in [3.63, 3.8) is 0 Å². The zero-order valence-corrected chi connectivity index (χ0v) is 13.3. The fourth-order valence-electron chi connectivity index (χ4n) is 1.86. The third-order valence-electron chi connectivity index (χ3n) is 3.14. The first kappa shape index (κ1) is 17.5. The van der Waals surface area contributed by atoms with E-state index in [1.54, 1.807) is 12.1 Å². The third kappa shape index (κ3) is 5.72. The number of amides is 1. The highest BCUT2D eigenvalue weighted by atomic mass is 19.1. The lowest BCUT2D eigenvalue weighted by molar-refractivity contribution is -0.143. The van der Waals surface area contributed by atoms with Crippen molar-refractivity contribution in [1.82, 2.24) is 5.32 Å². The molecule has 1 amide bonds. The van der Waals surface area contributed by atoms with Crippen molar-refractivity contribution >= 4 is 11.9 Å². The summed E-state index contributed by atoms with van der Waals surface area (Å²) < 4.78 is 22.9. The summed E-state index contributed by atoms with van der Waals surface area (Å²) in [5, 5.41) is 2.49. The van der Waals surface area contributed by atoms with Crippen LogP contribution in [0.25, 0.3) is 0 Å². The molecule has 2 aromatic carbocycles. The zero-order chi connectivity index (χ0) is 17.4. The van der Waals surface area contributed by atoms with Crippen LogP contribution in [-0.2, 0) is 9.53 Å². The highest BCUT2D eigenvalue weighted by molar-refractivity contribution is 5.95. The molecule has 126 valence electrons. The number of nitrogens with one attached hydrogen (secondary N) is 1. The summed E-state index contributed by atoms with van der Waals surface area (Å²) >= 11 is 0. The number of benzene rings is 2. The molecular weight excluding hydrogens is 313 g/mol. The molecule has 0 radical (unpaired) electrons. The van der Waals surface area contributed by atoms with Crippen LogP contribution < -0.4 is 10.1 Å². The number of halogens is 1. The molecular formula is C18H18FNO4. The molecule has 0 atom stereocenters. The first-order valence-corrected chi connectivity index (χ1v) is 7.43. The molecule has 0 spiro atoms. The number of carbonyl (C=O) groups is 2. The van der Waals surface area contributed by atoms with Crippen LogP contribution in [0.4, 0.5) is 4.39 Å². The Morgan fingerprint density at radius 3 is 2.33 bits per heavy atom. The van der Waals surface area contributed by atoms with E-state index in [4.69, 9.17) is 9.47 Å². The molecule has 0 aliphatic heterocycles. The minimum absolute atomic E-state index is 0.0383. The van der Waals surface area contributed by atoms with Crippen LogP contribution in [0.5, 0.6) is 5.75 Å². The predicted octanol–water partition coefficient (Wildman–Crippen LogP) is 2.49. The van der Waals surface area contributed by atoms with Crippen LogP contribution in [-0.4, -0.2) is 31.6 Å². The van der Waals surface area contributed by atoms with E-state index in [1.165, 1.54) is 24.3 Å². The second kappa shape index (κ2) is 8.67. The maximum atomic E-state index is 12.7. The van der Waals surface area contributed by atoms with E-state index in [0.717, 1.165) is 5.56 Å². The van der Waals surface area contributed by atoms with Gasteiger partial charge in [0.1, 0.15) is 31.3 Å². The molecule has 0 saturated carbocycles. The fraction of sp³-hybridized carbons (Fsp3) is 0.222. The van der Waals surface area contributed by atoms with Crippen LogP contribution in [0.15, 0.2) is 48.5 Å². The van der Waals surface area contributed by atoms with Crippen molar-refractivity contribution in [2.45, 2.75) is 6.92 Å². The van der Waals surface area contributed by atoms with E-state index in [-0.39, 0.29) is 31.5 Å². The van der Waals surface area contributed by atoms with Gasteiger partial charge in [0.05, 0.1) is 0 Å². The summed E-state index contributed by atoms with van der Waals surface area (Å²) in [6.45, 7) is 1.89. The number of hydrogen-bond donors (Lipinski definition) is 1. The first-order chi connectivity index (χ1) is 11.5. The molecule has 0 heterocycles. The lowest BCUT2D eigenvalue weighted by Crippen LogP contribution is -2.31. The quantitative estimate of drug-likeness (QED) is 0.625. The molecule has 0 aliphatic rings. The van der Waals surface area contributed by atoms with Gasteiger partial charge in [-0.15, -0.1) is 0 Å². The van der Waals surface area contributed by atoms with Crippen molar-refractivity contribution in [3.8, 4) is 5.75 Å². The third-order valence-corrected chi connectivity index (χ3v) is 3.14. The molecule has 1 N–H and O–H groups in total. The second-order valence-corrected chi connectivity index (χ2v) is 5.07. The SMILES string of the molecule is Cc1ccc(C(=O)NCC(=O)OCCOc2ccc(F)cc2)cc1. The van der Waals surface area contributed by atoms with E-state index >= 15 is 0 Å². The molecule has 5 nitrogen and oxygen atoms in total. The minimum Gasteiger partial charge on any atom is -0.490 e. The maximum Gasteiger partial charge on any atom is 0.325 e. The Kier molecular flexibility index (Phi) is 6.31. The van der Waals surface area contributed by atoms with Crippen LogP contribution in [0, 0.1) is 12.7 Å². The standard InChI is InChI=1S/C18H18FNO4/c1-13-2-4-14(5-3-13)18(22)20-12-17(21)24-11-10-23-16-8-6-15(19)7-9-16/h2-9H,10-12H2,1H3,(H,20,22). The monoisotopic (exact) mass is 331 g/mol. The summed E-state index contributed by atoms with van der Waals surface area (Å²) in [5.41, 5.74) is 1.53. The van der Waals surface area contributed by atoms with E-state index < -0.39 is 5.97 Å². The maximum absolute atomic E-state index is 12.7. The van der Waals surface area contributed by atoms with Crippen LogP contribution in [0.1, 0.15) is 15.9 Å². The van der Waals surface area contributed by atoms with E-state index in [0.29, 0.717) is 11.3 Å². The molecule has 0 unspecified atom stereocenters. The lowest BCUT2D eigenvalue weighted by Gasteiger charge is -2.08. The summed E-state index contributed by atoms with van der Waals surface area (Å²) in [4.78, 5) is 23.4. The topological polar surface area (TPSA) is 64.6 Å². The average Bonchev–Trinajstić information content (AvgIpc) is 2.59. The van der Waals surface area contributed by atoms with Crippen LogP contribution in [0.3, 0.4) is 0 Å². The van der Waals surface area contributed by atoms with E-state index in [9.17, 15) is 14.0 Å². The van der Waals surface area contributed by atoms with Gasteiger partial charge in [-0.2, -0.15) is 0 Å². The molecule has 2 aromatic rings. The molecule has 24 heavy (non-hydrogen) atoms. The Labute approximate surface area is 139 Å². The van der Waals surface area contributed by atoms with Crippen LogP contribution in [0.2, 0.25) is 0 Å². The van der Waals surface area contributed by atoms with Gasteiger partial charge in [0.2, 0.25) is 0 Å². The Morgan fingerprint density at radius 1 is 1.00 bits per heavy atom.